The smallest absolute Gasteiger partial charge is 0.0587 e. The first-order valence-corrected chi connectivity index (χ1v) is 5.57. The lowest BCUT2D eigenvalue weighted by atomic mass is 10.2. The van der Waals surface area contributed by atoms with E-state index in [0.717, 1.165) is 39.1 Å². The molecule has 0 bridgehead atoms. The van der Waals surface area contributed by atoms with Gasteiger partial charge in [0.05, 0.1) is 12.8 Å². The Morgan fingerprint density at radius 1 is 1.47 bits per heavy atom. The highest BCUT2D eigenvalue weighted by Crippen LogP contribution is 1.98. The second kappa shape index (κ2) is 7.43. The van der Waals surface area contributed by atoms with Crippen LogP contribution in [-0.4, -0.2) is 36.6 Å². The van der Waals surface area contributed by atoms with Crippen molar-refractivity contribution in [2.75, 3.05) is 26.8 Å². The Kier molecular flexibility index (Phi) is 6.04. The van der Waals surface area contributed by atoms with Gasteiger partial charge in [-0.25, -0.2) is 0 Å². The summed E-state index contributed by atoms with van der Waals surface area (Å²) in [7, 11) is 1.72. The van der Waals surface area contributed by atoms with Crippen LogP contribution in [0.2, 0.25) is 0 Å². The summed E-state index contributed by atoms with van der Waals surface area (Å²) in [5.74, 6) is 0. The normalized spacial score (nSPS) is 10.8. The molecular formula is C11H21N3O. The summed E-state index contributed by atoms with van der Waals surface area (Å²) in [5, 5.41) is 7.60. The van der Waals surface area contributed by atoms with Gasteiger partial charge in [0, 0.05) is 26.4 Å². The number of hydrogen-bond donors (Lipinski definition) is 1. The summed E-state index contributed by atoms with van der Waals surface area (Å²) in [4.78, 5) is 0. The van der Waals surface area contributed by atoms with Crippen molar-refractivity contribution in [1.29, 1.82) is 0 Å². The number of aromatic nitrogens is 2. The topological polar surface area (TPSA) is 39.1 Å². The van der Waals surface area contributed by atoms with E-state index in [-0.39, 0.29) is 0 Å². The molecule has 1 aromatic rings. The summed E-state index contributed by atoms with van der Waals surface area (Å²) >= 11 is 0. The summed E-state index contributed by atoms with van der Waals surface area (Å²) in [6.45, 7) is 5.85. The number of aryl methyl sites for hydroxylation is 1. The van der Waals surface area contributed by atoms with Crippen molar-refractivity contribution in [2.45, 2.75) is 26.3 Å². The lowest BCUT2D eigenvalue weighted by Crippen LogP contribution is -2.21. The molecule has 0 aromatic carbocycles. The fourth-order valence-electron chi connectivity index (χ4n) is 1.42. The Bertz CT molecular complexity index is 260. The summed E-state index contributed by atoms with van der Waals surface area (Å²) in [6, 6.07) is 0. The predicted molar refractivity (Wildman–Crippen MR) is 61.0 cm³/mol. The molecule has 0 atom stereocenters. The summed E-state index contributed by atoms with van der Waals surface area (Å²) in [6.07, 6.45) is 6.25. The van der Waals surface area contributed by atoms with E-state index in [1.54, 1.807) is 7.11 Å². The number of methoxy groups -OCH3 is 1. The number of nitrogens with one attached hydrogen (secondary N) is 1. The molecule has 0 aliphatic heterocycles. The molecule has 15 heavy (non-hydrogen) atoms. The van der Waals surface area contributed by atoms with Gasteiger partial charge in [0.1, 0.15) is 0 Å². The second-order valence-corrected chi connectivity index (χ2v) is 3.60. The minimum absolute atomic E-state index is 0.773. The molecule has 4 heteroatoms. The van der Waals surface area contributed by atoms with Gasteiger partial charge in [-0.05, 0) is 24.9 Å². The average molecular weight is 211 g/mol. The van der Waals surface area contributed by atoms with E-state index < -0.39 is 0 Å². The number of ether oxygens (including phenoxy) is 1. The molecule has 0 amide bonds. The second-order valence-electron chi connectivity index (χ2n) is 3.60. The molecule has 0 spiro atoms. The van der Waals surface area contributed by atoms with E-state index in [4.69, 9.17) is 4.74 Å². The van der Waals surface area contributed by atoms with Gasteiger partial charge in [-0.3, -0.25) is 4.68 Å². The molecule has 0 unspecified atom stereocenters. The van der Waals surface area contributed by atoms with Gasteiger partial charge in [0.25, 0.3) is 0 Å². The largest absolute Gasteiger partial charge is 0.383 e. The monoisotopic (exact) mass is 211 g/mol. The van der Waals surface area contributed by atoms with Crippen LogP contribution in [0, 0.1) is 0 Å². The Hall–Kier alpha value is -0.870. The first-order chi connectivity index (χ1) is 7.36. The van der Waals surface area contributed by atoms with E-state index in [1.807, 2.05) is 10.9 Å². The van der Waals surface area contributed by atoms with Crippen LogP contribution in [0.4, 0.5) is 0 Å². The molecule has 0 aliphatic carbocycles. The van der Waals surface area contributed by atoms with Crippen LogP contribution in [0.25, 0.3) is 0 Å². The maximum Gasteiger partial charge on any atom is 0.0587 e. The third kappa shape index (κ3) is 4.95. The third-order valence-corrected chi connectivity index (χ3v) is 2.21. The van der Waals surface area contributed by atoms with E-state index in [9.17, 15) is 0 Å². The van der Waals surface area contributed by atoms with Crippen molar-refractivity contribution < 1.29 is 4.74 Å². The van der Waals surface area contributed by atoms with Gasteiger partial charge in [0.15, 0.2) is 0 Å². The highest BCUT2D eigenvalue weighted by molar-refractivity contribution is 5.04. The molecule has 4 nitrogen and oxygen atoms in total. The maximum atomic E-state index is 4.95. The number of nitrogens with zero attached hydrogens (tertiary/aromatic N) is 2. The Morgan fingerprint density at radius 3 is 3.07 bits per heavy atom. The van der Waals surface area contributed by atoms with Crippen LogP contribution in [0.15, 0.2) is 12.4 Å². The van der Waals surface area contributed by atoms with E-state index >= 15 is 0 Å². The Labute approximate surface area is 91.6 Å². The molecule has 0 saturated heterocycles. The third-order valence-electron chi connectivity index (χ3n) is 2.21. The fourth-order valence-corrected chi connectivity index (χ4v) is 1.42. The average Bonchev–Trinajstić information content (AvgIpc) is 2.66. The van der Waals surface area contributed by atoms with Crippen molar-refractivity contribution in [1.82, 2.24) is 15.1 Å². The summed E-state index contributed by atoms with van der Waals surface area (Å²) in [5.41, 5.74) is 1.30. The lowest BCUT2D eigenvalue weighted by molar-refractivity contribution is 0.199. The van der Waals surface area contributed by atoms with Gasteiger partial charge in [-0.1, -0.05) is 6.92 Å². The first-order valence-electron chi connectivity index (χ1n) is 5.57. The molecule has 0 radical (unpaired) electrons. The van der Waals surface area contributed by atoms with Crippen LogP contribution in [0.1, 0.15) is 18.9 Å². The fraction of sp³-hybridized carbons (Fsp3) is 0.727. The quantitative estimate of drug-likeness (QED) is 0.654. The highest BCUT2D eigenvalue weighted by Gasteiger charge is 1.97. The van der Waals surface area contributed by atoms with Gasteiger partial charge < -0.3 is 10.1 Å². The molecular weight excluding hydrogens is 190 g/mol. The summed E-state index contributed by atoms with van der Waals surface area (Å²) < 4.78 is 6.96. The minimum Gasteiger partial charge on any atom is -0.383 e. The standard InChI is InChI=1S/C11H21N3O/c1-3-7-14-10-11(9-13-14)4-5-12-6-8-15-2/h9-10,12H,3-8H2,1-2H3. The number of rotatable bonds is 8. The Balaban J connectivity index is 2.14. The SMILES string of the molecule is CCCn1cc(CCNCCOC)cn1. The lowest BCUT2D eigenvalue weighted by Gasteiger charge is -2.01. The van der Waals surface area contributed by atoms with Gasteiger partial charge >= 0.3 is 0 Å². The predicted octanol–water partition coefficient (Wildman–Crippen LogP) is 1.07. The van der Waals surface area contributed by atoms with Crippen LogP contribution >= 0.6 is 0 Å². The van der Waals surface area contributed by atoms with Gasteiger partial charge in [-0.2, -0.15) is 5.10 Å². The minimum atomic E-state index is 0.773. The zero-order chi connectivity index (χ0) is 10.9. The van der Waals surface area contributed by atoms with Gasteiger partial charge in [-0.15, -0.1) is 0 Å². The molecule has 1 aromatic heterocycles. The van der Waals surface area contributed by atoms with Crippen molar-refractivity contribution in [3.63, 3.8) is 0 Å². The molecule has 1 heterocycles. The van der Waals surface area contributed by atoms with Crippen molar-refractivity contribution >= 4 is 0 Å². The maximum absolute atomic E-state index is 4.95. The zero-order valence-electron chi connectivity index (χ0n) is 9.70. The van der Waals surface area contributed by atoms with E-state index in [0.29, 0.717) is 0 Å². The van der Waals surface area contributed by atoms with Crippen LogP contribution in [0.3, 0.4) is 0 Å². The van der Waals surface area contributed by atoms with Crippen molar-refractivity contribution in [3.8, 4) is 0 Å². The molecule has 0 aliphatic rings. The molecule has 1 rings (SSSR count). The zero-order valence-corrected chi connectivity index (χ0v) is 9.70. The Morgan fingerprint density at radius 2 is 2.33 bits per heavy atom. The molecule has 86 valence electrons. The first kappa shape index (κ1) is 12.2. The molecule has 0 fully saturated rings. The van der Waals surface area contributed by atoms with Crippen LogP contribution in [-0.2, 0) is 17.7 Å². The van der Waals surface area contributed by atoms with E-state index in [1.165, 1.54) is 5.56 Å². The van der Waals surface area contributed by atoms with Crippen molar-refractivity contribution in [2.24, 2.45) is 0 Å². The van der Waals surface area contributed by atoms with E-state index in [2.05, 4.69) is 23.5 Å². The number of hydrogen-bond acceptors (Lipinski definition) is 3. The van der Waals surface area contributed by atoms with Crippen LogP contribution in [0.5, 0.6) is 0 Å². The molecule has 1 N–H and O–H groups in total. The highest BCUT2D eigenvalue weighted by atomic mass is 16.5. The van der Waals surface area contributed by atoms with Crippen LogP contribution < -0.4 is 5.32 Å². The van der Waals surface area contributed by atoms with Gasteiger partial charge in [0.2, 0.25) is 0 Å². The van der Waals surface area contributed by atoms with Crippen molar-refractivity contribution in [3.05, 3.63) is 18.0 Å². The molecule has 0 saturated carbocycles.